The number of rotatable bonds is 10. The molecule has 0 bridgehead atoms. The molecule has 0 radical (unpaired) electrons. The Balaban J connectivity index is 1.70. The van der Waals surface area contributed by atoms with Gasteiger partial charge >= 0.3 is 0 Å². The molecule has 218 valence electrons. The third kappa shape index (κ3) is 7.95. The van der Waals surface area contributed by atoms with Crippen LogP contribution in [0, 0.1) is 0 Å². The summed E-state index contributed by atoms with van der Waals surface area (Å²) >= 11 is 18.9. The number of carbonyl (C=O) groups excluding carboxylic acids is 2. The molecule has 0 spiro atoms. The molecule has 3 aromatic carbocycles. The highest BCUT2D eigenvalue weighted by molar-refractivity contribution is 7.92. The number of nitrogens with zero attached hydrogens (tertiary/aromatic N) is 2. The van der Waals surface area contributed by atoms with Crippen LogP contribution in [-0.4, -0.2) is 43.8 Å². The van der Waals surface area contributed by atoms with Gasteiger partial charge in [-0.3, -0.25) is 13.9 Å². The number of sulfonamides is 1. The van der Waals surface area contributed by atoms with Crippen molar-refractivity contribution in [3.63, 3.8) is 0 Å². The lowest BCUT2D eigenvalue weighted by molar-refractivity contribution is -0.139. The maximum Gasteiger partial charge on any atom is 0.264 e. The zero-order valence-electron chi connectivity index (χ0n) is 22.6. The molecule has 1 N–H and O–H groups in total. The van der Waals surface area contributed by atoms with Crippen LogP contribution in [0.1, 0.15) is 44.6 Å². The van der Waals surface area contributed by atoms with Gasteiger partial charge in [-0.25, -0.2) is 8.42 Å². The molecule has 2 amide bonds. The van der Waals surface area contributed by atoms with Crippen LogP contribution < -0.4 is 9.62 Å². The van der Waals surface area contributed by atoms with Gasteiger partial charge in [-0.15, -0.1) is 0 Å². The van der Waals surface area contributed by atoms with Gasteiger partial charge in [0.2, 0.25) is 11.8 Å². The molecule has 3 aromatic rings. The fourth-order valence-electron chi connectivity index (χ4n) is 4.89. The van der Waals surface area contributed by atoms with Crippen LogP contribution in [0.2, 0.25) is 15.1 Å². The second kappa shape index (κ2) is 13.9. The molecule has 0 aliphatic heterocycles. The first kappa shape index (κ1) is 31.2. The first-order chi connectivity index (χ1) is 19.6. The quantitative estimate of drug-likeness (QED) is 0.268. The molecule has 0 heterocycles. The number of halogens is 3. The van der Waals surface area contributed by atoms with Crippen molar-refractivity contribution in [2.24, 2.45) is 0 Å². The molecule has 0 saturated heterocycles. The Bertz CT molecular complexity index is 1460. The van der Waals surface area contributed by atoms with Crippen molar-refractivity contribution in [1.82, 2.24) is 10.2 Å². The number of amides is 2. The fourth-order valence-corrected chi connectivity index (χ4v) is 7.02. The monoisotopic (exact) mass is 635 g/mol. The van der Waals surface area contributed by atoms with E-state index in [0.29, 0.717) is 10.6 Å². The maximum absolute atomic E-state index is 14.1. The number of anilines is 1. The first-order valence-corrected chi connectivity index (χ1v) is 16.0. The van der Waals surface area contributed by atoms with Crippen molar-refractivity contribution in [2.45, 2.75) is 62.6 Å². The minimum atomic E-state index is -4.22. The minimum Gasteiger partial charge on any atom is -0.352 e. The van der Waals surface area contributed by atoms with Crippen LogP contribution in [0.4, 0.5) is 5.69 Å². The van der Waals surface area contributed by atoms with Gasteiger partial charge in [0.25, 0.3) is 10.0 Å². The van der Waals surface area contributed by atoms with Gasteiger partial charge in [-0.2, -0.15) is 0 Å². The summed E-state index contributed by atoms with van der Waals surface area (Å²) in [6, 6.07) is 18.3. The Hall–Kier alpha value is -2.78. The summed E-state index contributed by atoms with van der Waals surface area (Å²) in [6.45, 7) is 1.05. The van der Waals surface area contributed by atoms with E-state index in [2.05, 4.69) is 5.32 Å². The van der Waals surface area contributed by atoms with E-state index >= 15 is 0 Å². The van der Waals surface area contributed by atoms with Crippen molar-refractivity contribution in [3.05, 3.63) is 93.4 Å². The second-order valence-corrected chi connectivity index (χ2v) is 13.2. The average Bonchev–Trinajstić information content (AvgIpc) is 2.95. The van der Waals surface area contributed by atoms with Crippen molar-refractivity contribution >= 4 is 62.3 Å². The standard InChI is InChI=1S/C30H32Cl3N3O4S/c1-21(30(38)34-25-11-4-2-5-12-25)35(19-22-10-8-9-15-28(22)33)29(37)20-36(26-17-23(31)16-24(32)18-26)41(39,40)27-13-6-3-7-14-27/h3,6-10,13-18,21,25H,2,4-5,11-12,19-20H2,1H3,(H,34,38)/t21-/m0/s1. The SMILES string of the molecule is C[C@@H](C(=O)NC1CCCCC1)N(Cc1ccccc1Cl)C(=O)CN(c1cc(Cl)cc(Cl)c1)S(=O)(=O)c1ccccc1. The van der Waals surface area contributed by atoms with Gasteiger partial charge in [-0.05, 0) is 61.7 Å². The number of hydrogen-bond acceptors (Lipinski definition) is 4. The summed E-state index contributed by atoms with van der Waals surface area (Å²) in [4.78, 5) is 28.8. The second-order valence-electron chi connectivity index (χ2n) is 10.1. The summed E-state index contributed by atoms with van der Waals surface area (Å²) in [7, 11) is -4.22. The summed E-state index contributed by atoms with van der Waals surface area (Å²) in [5.74, 6) is -0.896. The van der Waals surface area contributed by atoms with Crippen molar-refractivity contribution in [1.29, 1.82) is 0 Å². The Kier molecular flexibility index (Phi) is 10.6. The van der Waals surface area contributed by atoms with Crippen LogP contribution in [0.5, 0.6) is 0 Å². The third-order valence-electron chi connectivity index (χ3n) is 7.16. The minimum absolute atomic E-state index is 0.00723. The average molecular weight is 637 g/mol. The van der Waals surface area contributed by atoms with Gasteiger partial charge in [0.05, 0.1) is 10.6 Å². The molecular weight excluding hydrogens is 605 g/mol. The Morgan fingerprint density at radius 2 is 1.51 bits per heavy atom. The number of carbonyl (C=O) groups is 2. The predicted molar refractivity (Wildman–Crippen MR) is 164 cm³/mol. The lowest BCUT2D eigenvalue weighted by Crippen LogP contribution is -2.53. The maximum atomic E-state index is 14.1. The van der Waals surface area contributed by atoms with E-state index < -0.39 is 28.5 Å². The van der Waals surface area contributed by atoms with Crippen LogP contribution >= 0.6 is 34.8 Å². The summed E-state index contributed by atoms with van der Waals surface area (Å²) in [5.41, 5.74) is 0.750. The number of hydrogen-bond donors (Lipinski definition) is 1. The molecule has 1 fully saturated rings. The number of nitrogens with one attached hydrogen (secondary N) is 1. The molecule has 11 heteroatoms. The zero-order valence-corrected chi connectivity index (χ0v) is 25.7. The Labute approximate surface area is 256 Å². The predicted octanol–water partition coefficient (Wildman–Crippen LogP) is 6.71. The summed E-state index contributed by atoms with van der Waals surface area (Å²) < 4.78 is 28.7. The van der Waals surface area contributed by atoms with Gasteiger partial charge in [0.1, 0.15) is 12.6 Å². The zero-order chi connectivity index (χ0) is 29.6. The van der Waals surface area contributed by atoms with Gasteiger partial charge in [-0.1, -0.05) is 90.5 Å². The lowest BCUT2D eigenvalue weighted by atomic mass is 9.95. The smallest absolute Gasteiger partial charge is 0.264 e. The van der Waals surface area contributed by atoms with Gasteiger partial charge in [0, 0.05) is 27.7 Å². The molecule has 0 aromatic heterocycles. The highest BCUT2D eigenvalue weighted by Crippen LogP contribution is 2.30. The van der Waals surface area contributed by atoms with Gasteiger partial charge in [0.15, 0.2) is 0 Å². The van der Waals surface area contributed by atoms with E-state index in [1.54, 1.807) is 49.4 Å². The Morgan fingerprint density at radius 3 is 2.15 bits per heavy atom. The topological polar surface area (TPSA) is 86.8 Å². The van der Waals surface area contributed by atoms with E-state index in [-0.39, 0.29) is 39.1 Å². The van der Waals surface area contributed by atoms with E-state index in [4.69, 9.17) is 34.8 Å². The van der Waals surface area contributed by atoms with Gasteiger partial charge < -0.3 is 10.2 Å². The van der Waals surface area contributed by atoms with Crippen LogP contribution in [0.15, 0.2) is 77.7 Å². The van der Waals surface area contributed by atoms with E-state index in [9.17, 15) is 18.0 Å². The van der Waals surface area contributed by atoms with E-state index in [1.807, 2.05) is 0 Å². The third-order valence-corrected chi connectivity index (χ3v) is 9.76. The highest BCUT2D eigenvalue weighted by atomic mass is 35.5. The van der Waals surface area contributed by atoms with E-state index in [1.165, 1.54) is 35.2 Å². The Morgan fingerprint density at radius 1 is 0.902 bits per heavy atom. The van der Waals surface area contributed by atoms with Crippen molar-refractivity contribution < 1.29 is 18.0 Å². The molecule has 1 aliphatic carbocycles. The number of benzene rings is 3. The molecule has 41 heavy (non-hydrogen) atoms. The van der Waals surface area contributed by atoms with Crippen molar-refractivity contribution in [3.8, 4) is 0 Å². The van der Waals surface area contributed by atoms with Crippen LogP contribution in [0.25, 0.3) is 0 Å². The molecule has 4 rings (SSSR count). The molecular formula is C30H32Cl3N3O4S. The van der Waals surface area contributed by atoms with Crippen molar-refractivity contribution in [2.75, 3.05) is 10.8 Å². The lowest BCUT2D eigenvalue weighted by Gasteiger charge is -2.33. The highest BCUT2D eigenvalue weighted by Gasteiger charge is 2.33. The largest absolute Gasteiger partial charge is 0.352 e. The molecule has 0 unspecified atom stereocenters. The molecule has 1 saturated carbocycles. The summed E-state index contributed by atoms with van der Waals surface area (Å²) in [5, 5.41) is 3.93. The molecule has 7 nitrogen and oxygen atoms in total. The summed E-state index contributed by atoms with van der Waals surface area (Å²) in [6.07, 6.45) is 4.98. The van der Waals surface area contributed by atoms with Crippen LogP contribution in [-0.2, 0) is 26.2 Å². The first-order valence-electron chi connectivity index (χ1n) is 13.4. The van der Waals surface area contributed by atoms with E-state index in [0.717, 1.165) is 36.4 Å². The normalized spacial score (nSPS) is 14.7. The van der Waals surface area contributed by atoms with Crippen LogP contribution in [0.3, 0.4) is 0 Å². The molecule has 1 atom stereocenters. The fraction of sp³-hybridized carbons (Fsp3) is 0.333. The molecule has 1 aliphatic rings.